The summed E-state index contributed by atoms with van der Waals surface area (Å²) in [6, 6.07) is 7.78. The van der Waals surface area contributed by atoms with Gasteiger partial charge in [0, 0.05) is 43.9 Å². The van der Waals surface area contributed by atoms with Gasteiger partial charge >= 0.3 is 12.1 Å². The standard InChI is InChI=1S/C27H36N4O5.3ClH/c1-18(35-27(33)36-21-8-3-2-4-9-21)34-26(32)25(30-14-13-20(28)16-30)15-22-24-12-11-19-7-5-6-10-23(19)31(24)17-29-22;;;/h5-7,10,17-18,20-21,25H,2-4,8-9,11-16,28H2,1H3;3*1H/t18?,20-,25-;;;/m0.../s1. The number of halogens is 3. The Morgan fingerprint density at radius 3 is 2.51 bits per heavy atom. The molecule has 9 nitrogen and oxygen atoms in total. The number of hydrogen-bond acceptors (Lipinski definition) is 8. The summed E-state index contributed by atoms with van der Waals surface area (Å²) in [5.41, 5.74) is 10.6. The van der Waals surface area contributed by atoms with E-state index in [0.717, 1.165) is 68.4 Å². The number of ether oxygens (including phenoxy) is 3. The molecule has 3 heterocycles. The zero-order valence-corrected chi connectivity index (χ0v) is 24.6. The summed E-state index contributed by atoms with van der Waals surface area (Å²) in [4.78, 5) is 32.3. The molecule has 2 aliphatic heterocycles. The van der Waals surface area contributed by atoms with Crippen molar-refractivity contribution in [3.63, 3.8) is 0 Å². The van der Waals surface area contributed by atoms with Crippen LogP contribution in [-0.4, -0.2) is 64.1 Å². The lowest BCUT2D eigenvalue weighted by atomic mass is 9.98. The third kappa shape index (κ3) is 8.01. The number of esters is 1. The minimum Gasteiger partial charge on any atom is -0.431 e. The third-order valence-corrected chi connectivity index (χ3v) is 7.55. The van der Waals surface area contributed by atoms with Crippen molar-refractivity contribution in [1.29, 1.82) is 0 Å². The van der Waals surface area contributed by atoms with Crippen molar-refractivity contribution in [2.75, 3.05) is 13.1 Å². The number of likely N-dealkylation sites (tertiary alicyclic amines) is 1. The van der Waals surface area contributed by atoms with E-state index in [-0.39, 0.29) is 49.4 Å². The van der Waals surface area contributed by atoms with Gasteiger partial charge in [-0.25, -0.2) is 9.78 Å². The molecule has 1 unspecified atom stereocenters. The minimum absolute atomic E-state index is 0. The quantitative estimate of drug-likeness (QED) is 0.362. The molecule has 1 aromatic heterocycles. The SMILES string of the molecule is CC(OC(=O)OC1CCCCC1)OC(=O)[C@H](Cc1ncn2c1CCc1ccccc1-2)N1CC[C@H](N)C1.Cl.Cl.Cl. The largest absolute Gasteiger partial charge is 0.511 e. The molecule has 0 bridgehead atoms. The monoisotopic (exact) mass is 604 g/mol. The predicted octanol–water partition coefficient (Wildman–Crippen LogP) is 4.56. The third-order valence-electron chi connectivity index (χ3n) is 7.55. The molecule has 5 rings (SSSR count). The van der Waals surface area contributed by atoms with Gasteiger partial charge in [0.25, 0.3) is 0 Å². The van der Waals surface area contributed by atoms with Crippen LogP contribution in [0.15, 0.2) is 30.6 Å². The molecule has 1 saturated carbocycles. The second-order valence-electron chi connectivity index (χ2n) is 10.2. The zero-order valence-electron chi connectivity index (χ0n) is 22.2. The number of carbonyl (C=O) groups is 2. The Kier molecular flexibility index (Phi) is 12.8. The normalized spacial score (nSPS) is 20.1. The average molecular weight is 606 g/mol. The van der Waals surface area contributed by atoms with Crippen LogP contribution >= 0.6 is 37.2 Å². The van der Waals surface area contributed by atoms with Crippen LogP contribution in [0.1, 0.15) is 62.4 Å². The minimum atomic E-state index is -1.05. The first-order valence-corrected chi connectivity index (χ1v) is 13.2. The topological polar surface area (TPSA) is 109 Å². The van der Waals surface area contributed by atoms with Crippen molar-refractivity contribution >= 4 is 49.3 Å². The summed E-state index contributed by atoms with van der Waals surface area (Å²) < 4.78 is 18.4. The molecule has 39 heavy (non-hydrogen) atoms. The summed E-state index contributed by atoms with van der Waals surface area (Å²) in [6.45, 7) is 2.86. The Labute approximate surface area is 248 Å². The van der Waals surface area contributed by atoms with E-state index in [2.05, 4.69) is 27.7 Å². The zero-order chi connectivity index (χ0) is 25.1. The lowest BCUT2D eigenvalue weighted by molar-refractivity contribution is -0.174. The molecule has 0 spiro atoms. The highest BCUT2D eigenvalue weighted by atomic mass is 35.5. The van der Waals surface area contributed by atoms with Gasteiger partial charge in [-0.3, -0.25) is 9.69 Å². The highest BCUT2D eigenvalue weighted by Gasteiger charge is 2.35. The van der Waals surface area contributed by atoms with Gasteiger partial charge in [0.15, 0.2) is 0 Å². The highest BCUT2D eigenvalue weighted by Crippen LogP contribution is 2.28. The van der Waals surface area contributed by atoms with Crippen LogP contribution in [0.2, 0.25) is 0 Å². The van der Waals surface area contributed by atoms with Crippen molar-refractivity contribution in [1.82, 2.24) is 14.5 Å². The fraction of sp³-hybridized carbons (Fsp3) is 0.593. The van der Waals surface area contributed by atoms with Gasteiger partial charge in [0.05, 0.1) is 12.0 Å². The van der Waals surface area contributed by atoms with Gasteiger partial charge in [-0.2, -0.15) is 0 Å². The summed E-state index contributed by atoms with van der Waals surface area (Å²) in [5, 5.41) is 0. The second-order valence-corrected chi connectivity index (χ2v) is 10.2. The first-order valence-electron chi connectivity index (χ1n) is 13.2. The molecule has 2 N–H and O–H groups in total. The fourth-order valence-electron chi connectivity index (χ4n) is 5.66. The number of hydrogen-bond donors (Lipinski definition) is 1. The van der Waals surface area contributed by atoms with Crippen molar-refractivity contribution in [3.8, 4) is 5.69 Å². The molecule has 3 aliphatic rings. The maximum absolute atomic E-state index is 13.3. The molecule has 218 valence electrons. The van der Waals surface area contributed by atoms with Gasteiger partial charge in [0.2, 0.25) is 6.29 Å². The van der Waals surface area contributed by atoms with E-state index < -0.39 is 24.5 Å². The second kappa shape index (κ2) is 15.1. The molecule has 1 aliphatic carbocycles. The van der Waals surface area contributed by atoms with E-state index in [1.807, 2.05) is 12.4 Å². The number of aryl methyl sites for hydroxylation is 1. The lowest BCUT2D eigenvalue weighted by Gasteiger charge is -2.28. The summed E-state index contributed by atoms with van der Waals surface area (Å²) >= 11 is 0. The van der Waals surface area contributed by atoms with E-state index in [4.69, 9.17) is 24.9 Å². The van der Waals surface area contributed by atoms with Crippen LogP contribution in [0.3, 0.4) is 0 Å². The van der Waals surface area contributed by atoms with Crippen LogP contribution in [0.5, 0.6) is 0 Å². The number of nitrogens with zero attached hydrogens (tertiary/aromatic N) is 3. The molecule has 2 aromatic rings. The molecule has 0 amide bonds. The predicted molar refractivity (Wildman–Crippen MR) is 154 cm³/mol. The van der Waals surface area contributed by atoms with E-state index in [1.165, 1.54) is 5.56 Å². The van der Waals surface area contributed by atoms with Crippen molar-refractivity contribution in [3.05, 3.63) is 47.5 Å². The smallest absolute Gasteiger partial charge is 0.431 e. The number of carbonyl (C=O) groups excluding carboxylic acids is 2. The number of aromatic nitrogens is 2. The molecule has 12 heteroatoms. The molecule has 1 saturated heterocycles. The fourth-order valence-corrected chi connectivity index (χ4v) is 5.66. The Morgan fingerprint density at radius 2 is 1.79 bits per heavy atom. The number of fused-ring (bicyclic) bond motifs is 3. The molecular formula is C27H39Cl3N4O5. The van der Waals surface area contributed by atoms with Crippen molar-refractivity contribution in [2.24, 2.45) is 5.73 Å². The highest BCUT2D eigenvalue weighted by molar-refractivity contribution is 5.86. The number of rotatable bonds is 7. The summed E-state index contributed by atoms with van der Waals surface area (Å²) in [5.74, 6) is -0.444. The van der Waals surface area contributed by atoms with Crippen LogP contribution in [0, 0.1) is 0 Å². The van der Waals surface area contributed by atoms with Crippen LogP contribution in [0.25, 0.3) is 5.69 Å². The number of benzene rings is 1. The molecule has 1 aromatic carbocycles. The average Bonchev–Trinajstić information content (AvgIpc) is 3.48. The van der Waals surface area contributed by atoms with Gasteiger partial charge < -0.3 is 24.5 Å². The van der Waals surface area contributed by atoms with E-state index in [1.54, 1.807) is 6.92 Å². The van der Waals surface area contributed by atoms with Gasteiger partial charge in [-0.1, -0.05) is 24.6 Å². The van der Waals surface area contributed by atoms with Gasteiger partial charge in [-0.15, -0.1) is 37.2 Å². The van der Waals surface area contributed by atoms with Crippen molar-refractivity contribution in [2.45, 2.75) is 89.2 Å². The number of imidazole rings is 1. The van der Waals surface area contributed by atoms with Crippen LogP contribution in [-0.2, 0) is 38.3 Å². The van der Waals surface area contributed by atoms with Crippen LogP contribution < -0.4 is 5.73 Å². The van der Waals surface area contributed by atoms with Gasteiger partial charge in [0.1, 0.15) is 12.1 Å². The Bertz CT molecular complexity index is 1100. The Morgan fingerprint density at radius 1 is 1.05 bits per heavy atom. The van der Waals surface area contributed by atoms with Crippen molar-refractivity contribution < 1.29 is 23.8 Å². The van der Waals surface area contributed by atoms with E-state index >= 15 is 0 Å². The molecule has 2 fully saturated rings. The van der Waals surface area contributed by atoms with E-state index in [9.17, 15) is 9.59 Å². The first-order chi connectivity index (χ1) is 17.5. The number of nitrogens with two attached hydrogens (primary N) is 1. The van der Waals surface area contributed by atoms with E-state index in [0.29, 0.717) is 19.5 Å². The van der Waals surface area contributed by atoms with Crippen LogP contribution in [0.4, 0.5) is 4.79 Å². The summed E-state index contributed by atoms with van der Waals surface area (Å²) in [7, 11) is 0. The molecule has 0 radical (unpaired) electrons. The Hall–Kier alpha value is -2.04. The number of para-hydroxylation sites is 1. The van der Waals surface area contributed by atoms with Gasteiger partial charge in [-0.05, 0) is 56.6 Å². The maximum Gasteiger partial charge on any atom is 0.511 e. The molecular weight excluding hydrogens is 567 g/mol. The first kappa shape index (κ1) is 33.2. The molecule has 3 atom stereocenters. The Balaban J connectivity index is 0.00000178. The maximum atomic E-state index is 13.3. The lowest BCUT2D eigenvalue weighted by Crippen LogP contribution is -2.45. The summed E-state index contributed by atoms with van der Waals surface area (Å²) in [6.07, 6.45) is 7.87.